The number of aliphatic hydroxyl groups excluding tert-OH is 1. The molecule has 4 rings (SSSR count). The van der Waals surface area contributed by atoms with Gasteiger partial charge < -0.3 is 20.2 Å². The number of nitrogens with zero attached hydrogens (tertiary/aromatic N) is 3. The van der Waals surface area contributed by atoms with Gasteiger partial charge in [-0.3, -0.25) is 4.98 Å². The van der Waals surface area contributed by atoms with Crippen molar-refractivity contribution < 1.29 is 9.52 Å². The van der Waals surface area contributed by atoms with Gasteiger partial charge in [-0.2, -0.15) is 4.98 Å². The first-order valence-corrected chi connectivity index (χ1v) is 11.4. The van der Waals surface area contributed by atoms with Gasteiger partial charge in [-0.25, -0.2) is 4.98 Å². The Kier molecular flexibility index (Phi) is 6.41. The quantitative estimate of drug-likeness (QED) is 0.479. The molecule has 31 heavy (non-hydrogen) atoms. The lowest BCUT2D eigenvalue weighted by Crippen LogP contribution is -2.20. The van der Waals surface area contributed by atoms with Gasteiger partial charge in [-0.15, -0.1) is 0 Å². The molecule has 0 saturated heterocycles. The van der Waals surface area contributed by atoms with E-state index in [9.17, 15) is 5.11 Å². The molecule has 3 heterocycles. The van der Waals surface area contributed by atoms with Crippen molar-refractivity contribution in [3.8, 4) is 11.3 Å². The predicted octanol–water partition coefficient (Wildman–Crippen LogP) is 4.80. The molecule has 0 bridgehead atoms. The Morgan fingerprint density at radius 3 is 2.77 bits per heavy atom. The highest BCUT2D eigenvalue weighted by Crippen LogP contribution is 2.36. The molecule has 1 aliphatic carbocycles. The van der Waals surface area contributed by atoms with Crippen LogP contribution in [0.5, 0.6) is 0 Å². The maximum atomic E-state index is 9.53. The minimum atomic E-state index is 0.241. The van der Waals surface area contributed by atoms with E-state index < -0.39 is 0 Å². The van der Waals surface area contributed by atoms with Crippen LogP contribution in [0.2, 0.25) is 0 Å². The molecule has 3 N–H and O–H groups in total. The maximum absolute atomic E-state index is 9.53. The number of hydrogen-bond donors (Lipinski definition) is 3. The topological polar surface area (TPSA) is 96.1 Å². The van der Waals surface area contributed by atoms with Crippen LogP contribution in [0.15, 0.2) is 22.7 Å². The molecule has 1 saturated carbocycles. The van der Waals surface area contributed by atoms with Crippen LogP contribution in [-0.4, -0.2) is 39.3 Å². The van der Waals surface area contributed by atoms with E-state index in [1.807, 2.05) is 6.92 Å². The molecule has 0 radical (unpaired) electrons. The molecular weight excluding hydrogens is 390 g/mol. The molecular formula is C24H33N5O2. The summed E-state index contributed by atoms with van der Waals surface area (Å²) >= 11 is 0. The molecule has 166 valence electrons. The van der Waals surface area contributed by atoms with Crippen LogP contribution in [0.4, 0.5) is 11.8 Å². The fraction of sp³-hybridized carbons (Fsp3) is 0.542. The highest BCUT2D eigenvalue weighted by Gasteiger charge is 2.26. The first kappa shape index (κ1) is 21.6. The number of fused-ring (bicyclic) bond motifs is 1. The van der Waals surface area contributed by atoms with Gasteiger partial charge in [-0.1, -0.05) is 20.8 Å². The minimum Gasteiger partial charge on any atom is -0.454 e. The van der Waals surface area contributed by atoms with Gasteiger partial charge in [0.1, 0.15) is 11.6 Å². The van der Waals surface area contributed by atoms with E-state index in [0.29, 0.717) is 17.8 Å². The van der Waals surface area contributed by atoms with Crippen molar-refractivity contribution in [2.24, 2.45) is 11.8 Å². The average Bonchev–Trinajstić information content (AvgIpc) is 3.37. The molecule has 0 aromatic carbocycles. The van der Waals surface area contributed by atoms with Gasteiger partial charge in [0, 0.05) is 30.3 Å². The third kappa shape index (κ3) is 4.82. The Morgan fingerprint density at radius 2 is 2.06 bits per heavy atom. The van der Waals surface area contributed by atoms with E-state index >= 15 is 0 Å². The van der Waals surface area contributed by atoms with Crippen LogP contribution in [0, 0.1) is 18.8 Å². The Labute approximate surface area is 183 Å². The summed E-state index contributed by atoms with van der Waals surface area (Å²) in [7, 11) is 0. The van der Waals surface area contributed by atoms with Crippen LogP contribution < -0.4 is 10.6 Å². The monoisotopic (exact) mass is 423 g/mol. The standard InChI is InChI=1S/C24H33N5O2/c1-5-18-9-17-10-20(31-21(17)12-25-18)22-15(4)27-24(26-11-14(2)3)29-23(22)28-19-7-6-16(8-19)13-30/h9-10,12,14,16,19,30H,5-8,11,13H2,1-4H3,(H2,26,27,28,29)/t16-,19+/m1/s1. The zero-order valence-corrected chi connectivity index (χ0v) is 18.9. The number of furan rings is 1. The van der Waals surface area contributed by atoms with Crippen LogP contribution >= 0.6 is 0 Å². The molecule has 3 aromatic rings. The van der Waals surface area contributed by atoms with E-state index in [1.54, 1.807) is 6.20 Å². The zero-order chi connectivity index (χ0) is 22.0. The summed E-state index contributed by atoms with van der Waals surface area (Å²) in [5.74, 6) is 3.00. The fourth-order valence-corrected chi connectivity index (χ4v) is 4.22. The highest BCUT2D eigenvalue weighted by molar-refractivity contribution is 5.86. The third-order valence-electron chi connectivity index (χ3n) is 5.97. The van der Waals surface area contributed by atoms with Gasteiger partial charge >= 0.3 is 0 Å². The largest absolute Gasteiger partial charge is 0.454 e. The van der Waals surface area contributed by atoms with Crippen molar-refractivity contribution in [1.29, 1.82) is 0 Å². The summed E-state index contributed by atoms with van der Waals surface area (Å²) in [6.45, 7) is 9.47. The lowest BCUT2D eigenvalue weighted by Gasteiger charge is -2.18. The molecule has 0 spiro atoms. The Hall–Kier alpha value is -2.67. The highest BCUT2D eigenvalue weighted by atomic mass is 16.3. The molecule has 1 fully saturated rings. The first-order valence-electron chi connectivity index (χ1n) is 11.4. The van der Waals surface area contributed by atoms with Crippen LogP contribution in [0.25, 0.3) is 22.3 Å². The van der Waals surface area contributed by atoms with E-state index in [4.69, 9.17) is 14.4 Å². The van der Waals surface area contributed by atoms with Crippen LogP contribution in [0.1, 0.15) is 51.4 Å². The Bertz CT molecular complexity index is 1050. The molecule has 0 amide bonds. The van der Waals surface area contributed by atoms with E-state index in [0.717, 1.165) is 71.7 Å². The smallest absolute Gasteiger partial charge is 0.224 e. The van der Waals surface area contributed by atoms with Crippen molar-refractivity contribution >= 4 is 22.7 Å². The molecule has 0 aliphatic heterocycles. The number of pyridine rings is 1. The van der Waals surface area contributed by atoms with Gasteiger partial charge in [-0.05, 0) is 56.6 Å². The molecule has 3 aromatic heterocycles. The van der Waals surface area contributed by atoms with Gasteiger partial charge in [0.15, 0.2) is 5.58 Å². The SMILES string of the molecule is CCc1cc2cc(-c3c(C)nc(NCC(C)C)nc3N[C@H]3CC[C@@H](CO)C3)oc2cn1. The van der Waals surface area contributed by atoms with E-state index in [1.165, 1.54) is 0 Å². The van der Waals surface area contributed by atoms with Crippen molar-refractivity contribution in [2.45, 2.75) is 59.4 Å². The van der Waals surface area contributed by atoms with Crippen LogP contribution in [0.3, 0.4) is 0 Å². The number of rotatable bonds is 8. The Morgan fingerprint density at radius 1 is 1.23 bits per heavy atom. The molecule has 7 nitrogen and oxygen atoms in total. The number of aromatic nitrogens is 3. The normalized spacial score (nSPS) is 18.8. The molecule has 1 aliphatic rings. The van der Waals surface area contributed by atoms with Crippen molar-refractivity contribution in [1.82, 2.24) is 15.0 Å². The second-order valence-electron chi connectivity index (χ2n) is 9.01. The summed E-state index contributed by atoms with van der Waals surface area (Å²) in [5.41, 5.74) is 3.56. The van der Waals surface area contributed by atoms with Crippen molar-refractivity contribution in [3.63, 3.8) is 0 Å². The number of aliphatic hydroxyl groups is 1. The van der Waals surface area contributed by atoms with Crippen molar-refractivity contribution in [2.75, 3.05) is 23.8 Å². The minimum absolute atomic E-state index is 0.241. The van der Waals surface area contributed by atoms with Gasteiger partial charge in [0.05, 0.1) is 17.5 Å². The predicted molar refractivity (Wildman–Crippen MR) is 124 cm³/mol. The zero-order valence-electron chi connectivity index (χ0n) is 18.9. The fourth-order valence-electron chi connectivity index (χ4n) is 4.22. The van der Waals surface area contributed by atoms with E-state index in [-0.39, 0.29) is 12.6 Å². The number of nitrogens with one attached hydrogen (secondary N) is 2. The molecule has 0 unspecified atom stereocenters. The summed E-state index contributed by atoms with van der Waals surface area (Å²) in [4.78, 5) is 14.0. The Balaban J connectivity index is 1.72. The molecule has 2 atom stereocenters. The average molecular weight is 424 g/mol. The van der Waals surface area contributed by atoms with Gasteiger partial charge in [0.2, 0.25) is 5.95 Å². The number of aryl methyl sites for hydroxylation is 2. The second kappa shape index (κ2) is 9.22. The van der Waals surface area contributed by atoms with Crippen LogP contribution in [-0.2, 0) is 6.42 Å². The maximum Gasteiger partial charge on any atom is 0.224 e. The summed E-state index contributed by atoms with van der Waals surface area (Å²) < 4.78 is 6.18. The summed E-state index contributed by atoms with van der Waals surface area (Å²) in [6, 6.07) is 4.41. The lowest BCUT2D eigenvalue weighted by molar-refractivity contribution is 0.229. The lowest BCUT2D eigenvalue weighted by atomic mass is 10.1. The summed E-state index contributed by atoms with van der Waals surface area (Å²) in [5, 5.41) is 17.5. The first-order chi connectivity index (χ1) is 15.0. The molecule has 7 heteroatoms. The number of anilines is 2. The van der Waals surface area contributed by atoms with E-state index in [2.05, 4.69) is 48.5 Å². The van der Waals surface area contributed by atoms with Gasteiger partial charge in [0.25, 0.3) is 0 Å². The third-order valence-corrected chi connectivity index (χ3v) is 5.97. The summed E-state index contributed by atoms with van der Waals surface area (Å²) in [6.07, 6.45) is 5.67. The van der Waals surface area contributed by atoms with Crippen molar-refractivity contribution in [3.05, 3.63) is 29.7 Å². The number of hydrogen-bond acceptors (Lipinski definition) is 7. The second-order valence-corrected chi connectivity index (χ2v) is 9.01.